The molecule has 0 spiro atoms. The van der Waals surface area contributed by atoms with E-state index in [4.69, 9.17) is 15.9 Å². The van der Waals surface area contributed by atoms with Crippen LogP contribution in [0.1, 0.15) is 18.1 Å². The van der Waals surface area contributed by atoms with E-state index in [9.17, 15) is 0 Å². The molecular formula is C10H14N2O. The highest BCUT2D eigenvalue weighted by Gasteiger charge is 2.01. The third-order valence-corrected chi connectivity index (χ3v) is 1.79. The summed E-state index contributed by atoms with van der Waals surface area (Å²) in [6.07, 6.45) is 0. The summed E-state index contributed by atoms with van der Waals surface area (Å²) in [5, 5.41) is 7.24. The van der Waals surface area contributed by atoms with Crippen molar-refractivity contribution in [3.05, 3.63) is 29.3 Å². The van der Waals surface area contributed by atoms with Gasteiger partial charge in [-0.05, 0) is 37.6 Å². The lowest BCUT2D eigenvalue weighted by atomic mass is 10.1. The standard InChI is InChI=1S/C10H14N2O/c1-3-13-9-5-4-8(10(11)12)6-7(9)2/h4-6H,3H2,1-2H3,(H3,11,12). The van der Waals surface area contributed by atoms with Crippen LogP contribution in [0.5, 0.6) is 5.75 Å². The summed E-state index contributed by atoms with van der Waals surface area (Å²) in [7, 11) is 0. The summed E-state index contributed by atoms with van der Waals surface area (Å²) in [6.45, 7) is 4.54. The summed E-state index contributed by atoms with van der Waals surface area (Å²) >= 11 is 0. The van der Waals surface area contributed by atoms with Crippen LogP contribution in [-0.2, 0) is 0 Å². The Kier molecular flexibility index (Phi) is 2.90. The Bertz CT molecular complexity index is 321. The maximum absolute atomic E-state index is 7.24. The van der Waals surface area contributed by atoms with Crippen molar-refractivity contribution in [2.75, 3.05) is 6.61 Å². The maximum atomic E-state index is 7.24. The average Bonchev–Trinajstić information content (AvgIpc) is 2.08. The van der Waals surface area contributed by atoms with Gasteiger partial charge < -0.3 is 10.5 Å². The molecule has 0 aromatic heterocycles. The van der Waals surface area contributed by atoms with Crippen LogP contribution in [0.3, 0.4) is 0 Å². The van der Waals surface area contributed by atoms with Gasteiger partial charge >= 0.3 is 0 Å². The van der Waals surface area contributed by atoms with Gasteiger partial charge in [0.25, 0.3) is 0 Å². The van der Waals surface area contributed by atoms with E-state index in [1.54, 1.807) is 6.07 Å². The molecule has 0 heterocycles. The molecule has 1 aromatic rings. The summed E-state index contributed by atoms with van der Waals surface area (Å²) in [4.78, 5) is 0. The van der Waals surface area contributed by atoms with Crippen molar-refractivity contribution in [2.24, 2.45) is 5.73 Å². The Labute approximate surface area is 78.0 Å². The Morgan fingerprint density at radius 3 is 2.69 bits per heavy atom. The van der Waals surface area contributed by atoms with E-state index in [0.717, 1.165) is 16.9 Å². The first-order valence-corrected chi connectivity index (χ1v) is 4.23. The Morgan fingerprint density at radius 1 is 1.54 bits per heavy atom. The third-order valence-electron chi connectivity index (χ3n) is 1.79. The van der Waals surface area contributed by atoms with Crippen molar-refractivity contribution in [1.29, 1.82) is 5.41 Å². The molecule has 13 heavy (non-hydrogen) atoms. The summed E-state index contributed by atoms with van der Waals surface area (Å²) in [5.74, 6) is 0.943. The van der Waals surface area contributed by atoms with Gasteiger partial charge in [0.05, 0.1) is 6.61 Å². The van der Waals surface area contributed by atoms with Crippen molar-refractivity contribution in [3.63, 3.8) is 0 Å². The van der Waals surface area contributed by atoms with Crippen LogP contribution in [0.4, 0.5) is 0 Å². The first kappa shape index (κ1) is 9.58. The zero-order chi connectivity index (χ0) is 9.84. The Hall–Kier alpha value is -1.51. The predicted octanol–water partition coefficient (Wildman–Crippen LogP) is 1.68. The molecule has 3 N–H and O–H groups in total. The largest absolute Gasteiger partial charge is 0.494 e. The van der Waals surface area contributed by atoms with Gasteiger partial charge in [-0.1, -0.05) is 0 Å². The minimum Gasteiger partial charge on any atom is -0.494 e. The molecule has 0 radical (unpaired) electrons. The van der Waals surface area contributed by atoms with E-state index in [0.29, 0.717) is 6.61 Å². The van der Waals surface area contributed by atoms with Gasteiger partial charge in [-0.15, -0.1) is 0 Å². The van der Waals surface area contributed by atoms with Gasteiger partial charge in [0.1, 0.15) is 11.6 Å². The summed E-state index contributed by atoms with van der Waals surface area (Å²) in [6, 6.07) is 5.49. The van der Waals surface area contributed by atoms with E-state index in [2.05, 4.69) is 0 Å². The lowest BCUT2D eigenvalue weighted by Crippen LogP contribution is -2.11. The second-order valence-corrected chi connectivity index (χ2v) is 2.83. The van der Waals surface area contributed by atoms with Gasteiger partial charge in [0, 0.05) is 5.56 Å². The van der Waals surface area contributed by atoms with Crippen LogP contribution in [0, 0.1) is 12.3 Å². The average molecular weight is 178 g/mol. The summed E-state index contributed by atoms with van der Waals surface area (Å²) in [5.41, 5.74) is 7.09. The fourth-order valence-electron chi connectivity index (χ4n) is 1.13. The quantitative estimate of drug-likeness (QED) is 0.546. The van der Waals surface area contributed by atoms with Gasteiger partial charge in [-0.3, -0.25) is 5.41 Å². The lowest BCUT2D eigenvalue weighted by Gasteiger charge is -2.07. The molecular weight excluding hydrogens is 164 g/mol. The molecule has 70 valence electrons. The molecule has 0 fully saturated rings. The van der Waals surface area contributed by atoms with Crippen molar-refractivity contribution in [3.8, 4) is 5.75 Å². The molecule has 0 aliphatic heterocycles. The maximum Gasteiger partial charge on any atom is 0.122 e. The molecule has 0 saturated heterocycles. The van der Waals surface area contributed by atoms with E-state index in [-0.39, 0.29) is 5.84 Å². The first-order valence-electron chi connectivity index (χ1n) is 4.23. The number of aryl methyl sites for hydroxylation is 1. The Balaban J connectivity index is 2.98. The van der Waals surface area contributed by atoms with Crippen molar-refractivity contribution < 1.29 is 4.74 Å². The van der Waals surface area contributed by atoms with Crippen LogP contribution in [0.15, 0.2) is 18.2 Å². The number of ether oxygens (including phenoxy) is 1. The zero-order valence-electron chi connectivity index (χ0n) is 7.92. The van der Waals surface area contributed by atoms with Crippen molar-refractivity contribution in [1.82, 2.24) is 0 Å². The third kappa shape index (κ3) is 2.21. The minimum atomic E-state index is 0.0890. The lowest BCUT2D eigenvalue weighted by molar-refractivity contribution is 0.338. The molecule has 1 rings (SSSR count). The van der Waals surface area contributed by atoms with E-state index < -0.39 is 0 Å². The second-order valence-electron chi connectivity index (χ2n) is 2.83. The van der Waals surface area contributed by atoms with Gasteiger partial charge in [0.15, 0.2) is 0 Å². The molecule has 1 aromatic carbocycles. The highest BCUT2D eigenvalue weighted by Crippen LogP contribution is 2.18. The number of rotatable bonds is 3. The van der Waals surface area contributed by atoms with Gasteiger partial charge in [0.2, 0.25) is 0 Å². The molecule has 0 unspecified atom stereocenters. The van der Waals surface area contributed by atoms with Crippen LogP contribution < -0.4 is 10.5 Å². The molecule has 3 heteroatoms. The molecule has 0 amide bonds. The normalized spacial score (nSPS) is 9.69. The summed E-state index contributed by atoms with van der Waals surface area (Å²) < 4.78 is 5.36. The zero-order valence-corrected chi connectivity index (χ0v) is 7.92. The molecule has 0 aliphatic rings. The highest BCUT2D eigenvalue weighted by atomic mass is 16.5. The number of benzene rings is 1. The van der Waals surface area contributed by atoms with Crippen molar-refractivity contribution in [2.45, 2.75) is 13.8 Å². The minimum absolute atomic E-state index is 0.0890. The first-order chi connectivity index (χ1) is 6.15. The van der Waals surface area contributed by atoms with Crippen LogP contribution in [0.25, 0.3) is 0 Å². The number of nitrogens with two attached hydrogens (primary N) is 1. The van der Waals surface area contributed by atoms with Gasteiger partial charge in [-0.25, -0.2) is 0 Å². The fraction of sp³-hybridized carbons (Fsp3) is 0.300. The van der Waals surface area contributed by atoms with Crippen molar-refractivity contribution >= 4 is 5.84 Å². The monoisotopic (exact) mass is 178 g/mol. The fourth-order valence-corrected chi connectivity index (χ4v) is 1.13. The Morgan fingerprint density at radius 2 is 2.23 bits per heavy atom. The van der Waals surface area contributed by atoms with Gasteiger partial charge in [-0.2, -0.15) is 0 Å². The number of amidine groups is 1. The topological polar surface area (TPSA) is 59.1 Å². The molecule has 3 nitrogen and oxygen atoms in total. The molecule has 0 atom stereocenters. The molecule has 0 saturated carbocycles. The number of hydrogen-bond acceptors (Lipinski definition) is 2. The van der Waals surface area contributed by atoms with E-state index in [1.807, 2.05) is 26.0 Å². The number of nitrogens with one attached hydrogen (secondary N) is 1. The molecule has 0 bridgehead atoms. The smallest absolute Gasteiger partial charge is 0.122 e. The van der Waals surface area contributed by atoms with E-state index >= 15 is 0 Å². The molecule has 0 aliphatic carbocycles. The SMILES string of the molecule is CCOc1ccc(C(=N)N)cc1C. The number of nitrogen functional groups attached to an aromatic ring is 1. The van der Waals surface area contributed by atoms with Crippen LogP contribution in [-0.4, -0.2) is 12.4 Å². The highest BCUT2D eigenvalue weighted by molar-refractivity contribution is 5.95. The number of hydrogen-bond donors (Lipinski definition) is 2. The van der Waals surface area contributed by atoms with Crippen LogP contribution >= 0.6 is 0 Å². The predicted molar refractivity (Wildman–Crippen MR) is 53.4 cm³/mol. The van der Waals surface area contributed by atoms with Crippen LogP contribution in [0.2, 0.25) is 0 Å². The van der Waals surface area contributed by atoms with E-state index in [1.165, 1.54) is 0 Å². The second kappa shape index (κ2) is 3.94.